The number of rotatable bonds is 6. The summed E-state index contributed by atoms with van der Waals surface area (Å²) in [4.78, 5) is 12.0. The number of benzene rings is 1. The summed E-state index contributed by atoms with van der Waals surface area (Å²) in [5, 5.41) is 0.936. The summed E-state index contributed by atoms with van der Waals surface area (Å²) in [6, 6.07) is 9.13. The highest BCUT2D eigenvalue weighted by atomic mass is 16.5. The maximum atomic E-state index is 12.0. The molecule has 0 saturated carbocycles. The third-order valence-corrected chi connectivity index (χ3v) is 2.84. The number of carbonyl (C=O) groups excluding carboxylic acids is 1. The summed E-state index contributed by atoms with van der Waals surface area (Å²) in [6.07, 6.45) is 0.950. The highest BCUT2D eigenvalue weighted by Gasteiger charge is 2.15. The summed E-state index contributed by atoms with van der Waals surface area (Å²) in [6.45, 7) is 0.564. The molecule has 0 spiro atoms. The lowest BCUT2D eigenvalue weighted by molar-refractivity contribution is 0.0942. The number of Topliss-reactive ketones (excluding diaryl/α,β-unsaturated/α-hetero) is 1. The fourth-order valence-corrected chi connectivity index (χ4v) is 1.83. The number of ether oxygens (including phenoxy) is 1. The lowest BCUT2D eigenvalue weighted by Gasteiger charge is -2.08. The number of methoxy groups -OCH3 is 1. The Balaban J connectivity index is 2.04. The number of nitrogens with two attached hydrogens (primary N) is 1. The first-order chi connectivity index (χ1) is 8.70. The Morgan fingerprint density at radius 2 is 2.22 bits per heavy atom. The lowest BCUT2D eigenvalue weighted by atomic mass is 10.1. The zero-order chi connectivity index (χ0) is 13.0. The Morgan fingerprint density at radius 1 is 1.44 bits per heavy atom. The van der Waals surface area contributed by atoms with Crippen LogP contribution in [-0.4, -0.2) is 25.5 Å². The number of hydrogen-bond donors (Lipinski definition) is 1. The van der Waals surface area contributed by atoms with Gasteiger partial charge in [-0.3, -0.25) is 4.79 Å². The van der Waals surface area contributed by atoms with Crippen LogP contribution in [0.15, 0.2) is 34.7 Å². The number of hydrogen-bond acceptors (Lipinski definition) is 4. The second-order valence-electron chi connectivity index (χ2n) is 4.32. The summed E-state index contributed by atoms with van der Waals surface area (Å²) in [5.74, 6) is 0.318. The van der Waals surface area contributed by atoms with Crippen molar-refractivity contribution in [3.63, 3.8) is 0 Å². The molecule has 4 heteroatoms. The van der Waals surface area contributed by atoms with E-state index in [1.807, 2.05) is 24.3 Å². The van der Waals surface area contributed by atoms with Crippen molar-refractivity contribution in [2.45, 2.75) is 18.9 Å². The standard InChI is InChI=1S/C14H17NO3/c1-17-7-6-11(15)9-12(16)14-8-10-4-2-3-5-13(10)18-14/h2-5,8,11H,6-7,9,15H2,1H3. The molecule has 18 heavy (non-hydrogen) atoms. The van der Waals surface area contributed by atoms with Gasteiger partial charge in [0, 0.05) is 31.6 Å². The average Bonchev–Trinajstić information content (AvgIpc) is 2.80. The lowest BCUT2D eigenvalue weighted by Crippen LogP contribution is -2.25. The molecule has 0 aliphatic carbocycles. The van der Waals surface area contributed by atoms with E-state index in [-0.39, 0.29) is 18.2 Å². The third-order valence-electron chi connectivity index (χ3n) is 2.84. The molecule has 1 heterocycles. The minimum Gasteiger partial charge on any atom is -0.453 e. The largest absolute Gasteiger partial charge is 0.453 e. The predicted octanol–water partition coefficient (Wildman–Crippen LogP) is 2.37. The van der Waals surface area contributed by atoms with Gasteiger partial charge >= 0.3 is 0 Å². The van der Waals surface area contributed by atoms with Gasteiger partial charge in [-0.25, -0.2) is 0 Å². The highest BCUT2D eigenvalue weighted by Crippen LogP contribution is 2.20. The Hall–Kier alpha value is -1.65. The predicted molar refractivity (Wildman–Crippen MR) is 69.6 cm³/mol. The van der Waals surface area contributed by atoms with Gasteiger partial charge in [0.25, 0.3) is 0 Å². The molecule has 1 aromatic heterocycles. The molecule has 0 aliphatic heterocycles. The summed E-state index contributed by atoms with van der Waals surface area (Å²) in [5.41, 5.74) is 6.58. The maximum Gasteiger partial charge on any atom is 0.199 e. The van der Waals surface area contributed by atoms with Crippen LogP contribution in [0.25, 0.3) is 11.0 Å². The van der Waals surface area contributed by atoms with Crippen LogP contribution in [-0.2, 0) is 4.74 Å². The molecule has 2 rings (SSSR count). The smallest absolute Gasteiger partial charge is 0.199 e. The van der Waals surface area contributed by atoms with E-state index in [0.29, 0.717) is 18.8 Å². The van der Waals surface area contributed by atoms with E-state index in [4.69, 9.17) is 14.9 Å². The minimum absolute atomic E-state index is 0.0604. The van der Waals surface area contributed by atoms with Crippen LogP contribution in [0.2, 0.25) is 0 Å². The van der Waals surface area contributed by atoms with Crippen LogP contribution in [0.5, 0.6) is 0 Å². The number of furan rings is 1. The summed E-state index contributed by atoms with van der Waals surface area (Å²) in [7, 11) is 1.62. The SMILES string of the molecule is COCCC(N)CC(=O)c1cc2ccccc2o1. The van der Waals surface area contributed by atoms with Gasteiger partial charge in [0.15, 0.2) is 11.5 Å². The zero-order valence-corrected chi connectivity index (χ0v) is 10.4. The Kier molecular flexibility index (Phi) is 4.12. The van der Waals surface area contributed by atoms with Crippen molar-refractivity contribution in [3.8, 4) is 0 Å². The first-order valence-corrected chi connectivity index (χ1v) is 5.97. The highest BCUT2D eigenvalue weighted by molar-refractivity contribution is 5.97. The summed E-state index contributed by atoms with van der Waals surface area (Å²) >= 11 is 0. The van der Waals surface area contributed by atoms with E-state index in [0.717, 1.165) is 11.0 Å². The fourth-order valence-electron chi connectivity index (χ4n) is 1.83. The Labute approximate surface area is 106 Å². The first kappa shape index (κ1) is 12.8. The summed E-state index contributed by atoms with van der Waals surface area (Å²) < 4.78 is 10.4. The molecule has 2 aromatic rings. The molecule has 0 bridgehead atoms. The van der Waals surface area contributed by atoms with Gasteiger partial charge in [-0.2, -0.15) is 0 Å². The van der Waals surface area contributed by atoms with Crippen LogP contribution in [0.3, 0.4) is 0 Å². The van der Waals surface area contributed by atoms with Gasteiger partial charge in [-0.1, -0.05) is 18.2 Å². The van der Waals surface area contributed by atoms with Crippen LogP contribution in [0.4, 0.5) is 0 Å². The van der Waals surface area contributed by atoms with E-state index < -0.39 is 0 Å². The van der Waals surface area contributed by atoms with E-state index in [9.17, 15) is 4.79 Å². The monoisotopic (exact) mass is 247 g/mol. The third kappa shape index (κ3) is 2.97. The van der Waals surface area contributed by atoms with Crippen LogP contribution in [0.1, 0.15) is 23.4 Å². The second-order valence-corrected chi connectivity index (χ2v) is 4.32. The van der Waals surface area contributed by atoms with Crippen molar-refractivity contribution in [2.75, 3.05) is 13.7 Å². The van der Waals surface area contributed by atoms with Crippen LogP contribution >= 0.6 is 0 Å². The van der Waals surface area contributed by atoms with Gasteiger partial charge in [0.1, 0.15) is 5.58 Å². The molecule has 96 valence electrons. The Morgan fingerprint density at radius 3 is 2.94 bits per heavy atom. The van der Waals surface area contributed by atoms with Crippen LogP contribution < -0.4 is 5.73 Å². The normalized spacial score (nSPS) is 12.8. The number of para-hydroxylation sites is 1. The topological polar surface area (TPSA) is 65.5 Å². The van der Waals surface area contributed by atoms with E-state index in [1.165, 1.54) is 0 Å². The molecule has 1 atom stereocenters. The molecule has 0 fully saturated rings. The Bertz CT molecular complexity index is 500. The quantitative estimate of drug-likeness (QED) is 0.796. The molecule has 1 aromatic carbocycles. The first-order valence-electron chi connectivity index (χ1n) is 5.97. The second kappa shape index (κ2) is 5.80. The maximum absolute atomic E-state index is 12.0. The van der Waals surface area contributed by atoms with E-state index in [1.54, 1.807) is 13.2 Å². The molecule has 1 unspecified atom stereocenters. The molecule has 0 radical (unpaired) electrons. The van der Waals surface area contributed by atoms with Gasteiger partial charge in [0.2, 0.25) is 0 Å². The van der Waals surface area contributed by atoms with Crippen molar-refractivity contribution < 1.29 is 13.9 Å². The molecule has 0 aliphatic rings. The number of fused-ring (bicyclic) bond motifs is 1. The van der Waals surface area contributed by atoms with Gasteiger partial charge in [0.05, 0.1) is 0 Å². The molecule has 4 nitrogen and oxygen atoms in total. The van der Waals surface area contributed by atoms with Crippen molar-refractivity contribution in [1.82, 2.24) is 0 Å². The number of carbonyl (C=O) groups is 1. The number of ketones is 1. The van der Waals surface area contributed by atoms with E-state index in [2.05, 4.69) is 0 Å². The molecule has 0 saturated heterocycles. The van der Waals surface area contributed by atoms with Crippen LogP contribution in [0, 0.1) is 0 Å². The fraction of sp³-hybridized carbons (Fsp3) is 0.357. The van der Waals surface area contributed by atoms with Gasteiger partial charge in [-0.15, -0.1) is 0 Å². The zero-order valence-electron chi connectivity index (χ0n) is 10.4. The van der Waals surface area contributed by atoms with E-state index >= 15 is 0 Å². The van der Waals surface area contributed by atoms with Crippen molar-refractivity contribution in [2.24, 2.45) is 5.73 Å². The molecule has 2 N–H and O–H groups in total. The van der Waals surface area contributed by atoms with Crippen molar-refractivity contribution in [3.05, 3.63) is 36.1 Å². The molecular weight excluding hydrogens is 230 g/mol. The molecule has 0 amide bonds. The average molecular weight is 247 g/mol. The van der Waals surface area contributed by atoms with Gasteiger partial charge < -0.3 is 14.9 Å². The van der Waals surface area contributed by atoms with Crippen molar-refractivity contribution >= 4 is 16.8 Å². The van der Waals surface area contributed by atoms with Crippen molar-refractivity contribution in [1.29, 1.82) is 0 Å². The molecular formula is C14H17NO3. The minimum atomic E-state index is -0.189. The van der Waals surface area contributed by atoms with Gasteiger partial charge in [-0.05, 0) is 18.6 Å².